The van der Waals surface area contributed by atoms with Gasteiger partial charge in [0.05, 0.1) is 16.0 Å². The minimum absolute atomic E-state index is 0.0999. The molecule has 0 saturated carbocycles. The van der Waals surface area contributed by atoms with Crippen LogP contribution in [0.2, 0.25) is 0 Å². The summed E-state index contributed by atoms with van der Waals surface area (Å²) in [6, 6.07) is 11.0. The number of aryl methyl sites for hydroxylation is 1. The van der Waals surface area contributed by atoms with E-state index in [9.17, 15) is 8.42 Å². The molecule has 4 nitrogen and oxygen atoms in total. The molecule has 0 aliphatic carbocycles. The fraction of sp³-hybridized carbons (Fsp3) is 0.450. The maximum Gasteiger partial charge on any atom is 0.243 e. The first kappa shape index (κ1) is 19.4. The van der Waals surface area contributed by atoms with Crippen molar-refractivity contribution in [2.75, 3.05) is 6.54 Å². The number of hydrogen-bond acceptors (Lipinski definition) is 4. The predicted molar refractivity (Wildman–Crippen MR) is 107 cm³/mol. The Bertz CT molecular complexity index is 854. The van der Waals surface area contributed by atoms with Crippen LogP contribution in [0.5, 0.6) is 0 Å². The first-order valence-electron chi connectivity index (χ1n) is 8.90. The van der Waals surface area contributed by atoms with Gasteiger partial charge in [-0.15, -0.1) is 11.8 Å². The van der Waals surface area contributed by atoms with E-state index in [1.165, 1.54) is 0 Å². The number of benzene rings is 1. The van der Waals surface area contributed by atoms with Crippen LogP contribution in [0, 0.1) is 6.92 Å². The number of hydrogen-bond donors (Lipinski definition) is 0. The Morgan fingerprint density at radius 3 is 2.38 bits per heavy atom. The molecule has 1 aromatic carbocycles. The van der Waals surface area contributed by atoms with Crippen molar-refractivity contribution in [2.45, 2.75) is 61.2 Å². The van der Waals surface area contributed by atoms with E-state index in [1.54, 1.807) is 28.2 Å². The van der Waals surface area contributed by atoms with Gasteiger partial charge in [-0.2, -0.15) is 4.31 Å². The minimum atomic E-state index is -3.49. The molecule has 0 N–H and O–H groups in total. The summed E-state index contributed by atoms with van der Waals surface area (Å²) in [4.78, 5) is 4.91. The van der Waals surface area contributed by atoms with Crippen LogP contribution >= 0.6 is 11.8 Å². The molecule has 1 fully saturated rings. The Labute approximate surface area is 161 Å². The number of pyridine rings is 1. The quantitative estimate of drug-likeness (QED) is 0.703. The zero-order valence-corrected chi connectivity index (χ0v) is 17.4. The maximum atomic E-state index is 13.1. The molecule has 1 saturated heterocycles. The molecule has 140 valence electrons. The van der Waals surface area contributed by atoms with E-state index in [2.05, 4.69) is 25.8 Å². The summed E-state index contributed by atoms with van der Waals surface area (Å²) < 4.78 is 27.9. The van der Waals surface area contributed by atoms with Crippen LogP contribution in [0.25, 0.3) is 0 Å². The van der Waals surface area contributed by atoms with Gasteiger partial charge in [0.2, 0.25) is 10.0 Å². The third-order valence-electron chi connectivity index (χ3n) is 4.39. The van der Waals surface area contributed by atoms with E-state index in [4.69, 9.17) is 0 Å². The van der Waals surface area contributed by atoms with Crippen molar-refractivity contribution in [1.82, 2.24) is 9.29 Å². The fourth-order valence-corrected chi connectivity index (χ4v) is 5.72. The van der Waals surface area contributed by atoms with Gasteiger partial charge in [-0.3, -0.25) is 0 Å². The summed E-state index contributed by atoms with van der Waals surface area (Å²) in [5, 5.41) is 0.965. The molecule has 0 bridgehead atoms. The second-order valence-electron chi connectivity index (χ2n) is 7.73. The highest BCUT2D eigenvalue weighted by atomic mass is 32.2. The van der Waals surface area contributed by atoms with E-state index in [-0.39, 0.29) is 10.8 Å². The highest BCUT2D eigenvalue weighted by Gasteiger charge is 2.36. The van der Waals surface area contributed by atoms with Crippen LogP contribution < -0.4 is 0 Å². The Morgan fingerprint density at radius 1 is 1.12 bits per heavy atom. The topological polar surface area (TPSA) is 50.3 Å². The molecule has 2 aromatic rings. The molecule has 1 aliphatic heterocycles. The van der Waals surface area contributed by atoms with Crippen molar-refractivity contribution >= 4 is 21.8 Å². The molecule has 3 rings (SSSR count). The number of sulfonamides is 1. The summed E-state index contributed by atoms with van der Waals surface area (Å²) in [7, 11) is -3.49. The smallest absolute Gasteiger partial charge is 0.243 e. The SMILES string of the molecule is Cc1ccc(S(=O)(=O)N2CCCC2c2ccc(SC(C)(C)C)nc2)cc1. The molecular weight excluding hydrogens is 364 g/mol. The molecule has 6 heteroatoms. The first-order chi connectivity index (χ1) is 12.2. The molecule has 2 heterocycles. The highest BCUT2D eigenvalue weighted by molar-refractivity contribution is 8.00. The van der Waals surface area contributed by atoms with Gasteiger partial charge in [-0.25, -0.2) is 13.4 Å². The van der Waals surface area contributed by atoms with Gasteiger partial charge in [0.15, 0.2) is 0 Å². The zero-order chi connectivity index (χ0) is 18.9. The summed E-state index contributed by atoms with van der Waals surface area (Å²) in [5.74, 6) is 0. The van der Waals surface area contributed by atoms with Crippen LogP contribution in [0.4, 0.5) is 0 Å². The van der Waals surface area contributed by atoms with Gasteiger partial charge < -0.3 is 0 Å². The van der Waals surface area contributed by atoms with Gasteiger partial charge in [0.1, 0.15) is 0 Å². The molecule has 0 amide bonds. The highest BCUT2D eigenvalue weighted by Crippen LogP contribution is 2.37. The van der Waals surface area contributed by atoms with Crippen LogP contribution in [-0.2, 0) is 10.0 Å². The van der Waals surface area contributed by atoms with Crippen molar-refractivity contribution in [1.29, 1.82) is 0 Å². The van der Waals surface area contributed by atoms with Gasteiger partial charge in [-0.05, 0) is 43.5 Å². The molecular formula is C20H26N2O2S2. The van der Waals surface area contributed by atoms with Gasteiger partial charge in [0.25, 0.3) is 0 Å². The largest absolute Gasteiger partial charge is 0.250 e. The average Bonchev–Trinajstić information content (AvgIpc) is 3.05. The van der Waals surface area contributed by atoms with Crippen molar-refractivity contribution in [2.24, 2.45) is 0 Å². The molecule has 26 heavy (non-hydrogen) atoms. The fourth-order valence-electron chi connectivity index (χ4n) is 3.17. The molecule has 1 aliphatic rings. The molecule has 1 atom stereocenters. The molecule has 1 aromatic heterocycles. The van der Waals surface area contributed by atoms with Crippen molar-refractivity contribution < 1.29 is 8.42 Å². The van der Waals surface area contributed by atoms with Crippen LogP contribution in [0.3, 0.4) is 0 Å². The monoisotopic (exact) mass is 390 g/mol. The van der Waals surface area contributed by atoms with Crippen LogP contribution in [0.1, 0.15) is 50.8 Å². The lowest BCUT2D eigenvalue weighted by Gasteiger charge is -2.24. The van der Waals surface area contributed by atoms with Crippen molar-refractivity contribution in [3.8, 4) is 0 Å². The lowest BCUT2D eigenvalue weighted by atomic mass is 10.1. The maximum absolute atomic E-state index is 13.1. The molecule has 0 radical (unpaired) electrons. The lowest BCUT2D eigenvalue weighted by molar-refractivity contribution is 0.396. The summed E-state index contributed by atoms with van der Waals surface area (Å²) >= 11 is 1.71. The number of aromatic nitrogens is 1. The molecule has 1 unspecified atom stereocenters. The van der Waals surface area contributed by atoms with Gasteiger partial charge >= 0.3 is 0 Å². The Kier molecular flexibility index (Phi) is 5.47. The number of rotatable bonds is 4. The van der Waals surface area contributed by atoms with E-state index in [0.29, 0.717) is 11.4 Å². The predicted octanol–water partition coefficient (Wildman–Crippen LogP) is 4.81. The minimum Gasteiger partial charge on any atom is -0.250 e. The second-order valence-corrected chi connectivity index (χ2v) is 11.5. The van der Waals surface area contributed by atoms with Gasteiger partial charge in [-0.1, -0.05) is 44.5 Å². The van der Waals surface area contributed by atoms with E-state index in [1.807, 2.05) is 37.4 Å². The standard InChI is InChI=1S/C20H26N2O2S2/c1-15-7-10-17(11-8-15)26(23,24)22-13-5-6-18(22)16-9-12-19(21-14-16)25-20(2,3)4/h7-12,14,18H,5-6,13H2,1-4H3. The second kappa shape index (κ2) is 7.33. The normalized spacial score (nSPS) is 19.0. The summed E-state index contributed by atoms with van der Waals surface area (Å²) in [6.45, 7) is 8.97. The summed E-state index contributed by atoms with van der Waals surface area (Å²) in [5.41, 5.74) is 2.02. The Hall–Kier alpha value is -1.37. The lowest BCUT2D eigenvalue weighted by Crippen LogP contribution is -2.30. The van der Waals surface area contributed by atoms with E-state index in [0.717, 1.165) is 29.0 Å². The number of nitrogens with zero attached hydrogens (tertiary/aromatic N) is 2. The number of thioether (sulfide) groups is 1. The average molecular weight is 391 g/mol. The Balaban J connectivity index is 1.85. The zero-order valence-electron chi connectivity index (χ0n) is 15.8. The first-order valence-corrected chi connectivity index (χ1v) is 11.2. The Morgan fingerprint density at radius 2 is 1.81 bits per heavy atom. The van der Waals surface area contributed by atoms with Gasteiger partial charge in [0, 0.05) is 17.5 Å². The third kappa shape index (κ3) is 4.30. The van der Waals surface area contributed by atoms with E-state index >= 15 is 0 Å². The third-order valence-corrected chi connectivity index (χ3v) is 7.37. The molecule has 0 spiro atoms. The van der Waals surface area contributed by atoms with E-state index < -0.39 is 10.0 Å². The van der Waals surface area contributed by atoms with Crippen molar-refractivity contribution in [3.05, 3.63) is 53.7 Å². The van der Waals surface area contributed by atoms with Crippen LogP contribution in [0.15, 0.2) is 52.5 Å². The summed E-state index contributed by atoms with van der Waals surface area (Å²) in [6.07, 6.45) is 3.54. The van der Waals surface area contributed by atoms with Crippen molar-refractivity contribution in [3.63, 3.8) is 0 Å². The van der Waals surface area contributed by atoms with Crippen LogP contribution in [-0.4, -0.2) is 29.0 Å².